The Hall–Kier alpha value is -1.58. The van der Waals surface area contributed by atoms with Crippen LogP contribution in [-0.4, -0.2) is 14.5 Å². The fraction of sp³-hybridized carbons (Fsp3) is 0.455. The van der Waals surface area contributed by atoms with Crippen molar-refractivity contribution in [2.75, 3.05) is 0 Å². The summed E-state index contributed by atoms with van der Waals surface area (Å²) in [6, 6.07) is 0. The second-order valence-electron chi connectivity index (χ2n) is 4.19. The molecule has 3 rings (SSSR count). The summed E-state index contributed by atoms with van der Waals surface area (Å²) < 4.78 is 2.14. The zero-order chi connectivity index (χ0) is 10.6. The monoisotopic (exact) mass is 203 g/mol. The standard InChI is InChI=1S/C11H13N3O/c1-6-7(2)12-10-9(6)11(15)13-8-4-3-5-14(8)10/h12H,3-5H2,1-2H3. The maximum Gasteiger partial charge on any atom is 0.282 e. The minimum absolute atomic E-state index is 0.0833. The molecule has 3 heterocycles. The predicted octanol–water partition coefficient (Wildman–Crippen LogP) is 1.29. The molecule has 0 saturated carbocycles. The van der Waals surface area contributed by atoms with Gasteiger partial charge in [0.15, 0.2) is 0 Å². The third kappa shape index (κ3) is 1.02. The van der Waals surface area contributed by atoms with Gasteiger partial charge in [0.2, 0.25) is 0 Å². The number of aromatic amines is 1. The van der Waals surface area contributed by atoms with E-state index < -0.39 is 0 Å². The van der Waals surface area contributed by atoms with Crippen molar-refractivity contribution in [2.45, 2.75) is 33.2 Å². The predicted molar refractivity (Wildman–Crippen MR) is 58.1 cm³/mol. The molecule has 0 spiro atoms. The van der Waals surface area contributed by atoms with Crippen molar-refractivity contribution < 1.29 is 0 Å². The molecule has 1 N–H and O–H groups in total. The molecule has 0 bridgehead atoms. The summed E-state index contributed by atoms with van der Waals surface area (Å²) in [5, 5.41) is 0.762. The summed E-state index contributed by atoms with van der Waals surface area (Å²) in [6.45, 7) is 4.94. The number of hydrogen-bond acceptors (Lipinski definition) is 2. The van der Waals surface area contributed by atoms with Crippen LogP contribution in [0.3, 0.4) is 0 Å². The highest BCUT2D eigenvalue weighted by molar-refractivity contribution is 5.80. The van der Waals surface area contributed by atoms with Crippen LogP contribution in [0.5, 0.6) is 0 Å². The Morgan fingerprint density at radius 2 is 2.20 bits per heavy atom. The largest absolute Gasteiger partial charge is 0.344 e. The van der Waals surface area contributed by atoms with Gasteiger partial charge in [0, 0.05) is 18.7 Å². The molecule has 2 aromatic heterocycles. The van der Waals surface area contributed by atoms with Gasteiger partial charge in [-0.25, -0.2) is 0 Å². The van der Waals surface area contributed by atoms with E-state index in [1.807, 2.05) is 13.8 Å². The molecule has 4 heteroatoms. The van der Waals surface area contributed by atoms with Crippen LogP contribution in [0, 0.1) is 13.8 Å². The fourth-order valence-electron chi connectivity index (χ4n) is 2.35. The normalized spacial score (nSPS) is 14.8. The minimum Gasteiger partial charge on any atom is -0.344 e. The van der Waals surface area contributed by atoms with E-state index in [2.05, 4.69) is 14.5 Å². The topological polar surface area (TPSA) is 50.7 Å². The number of nitrogens with one attached hydrogen (secondary N) is 1. The molecule has 78 valence electrons. The quantitative estimate of drug-likeness (QED) is 0.701. The highest BCUT2D eigenvalue weighted by Crippen LogP contribution is 2.21. The molecule has 0 unspecified atom stereocenters. The minimum atomic E-state index is -0.0833. The van der Waals surface area contributed by atoms with Gasteiger partial charge in [0.05, 0.1) is 5.39 Å². The fourth-order valence-corrected chi connectivity index (χ4v) is 2.35. The lowest BCUT2D eigenvalue weighted by Gasteiger charge is -2.03. The van der Waals surface area contributed by atoms with Crippen LogP contribution in [0.4, 0.5) is 0 Å². The lowest BCUT2D eigenvalue weighted by atomic mass is 10.2. The van der Waals surface area contributed by atoms with Crippen molar-refractivity contribution >= 4 is 11.0 Å². The molecule has 0 amide bonds. The third-order valence-corrected chi connectivity index (χ3v) is 3.29. The SMILES string of the molecule is Cc1[nH]c2c(c1C)c(=O)nc1n2CCC1. The summed E-state index contributed by atoms with van der Waals surface area (Å²) in [4.78, 5) is 19.3. The number of fused-ring (bicyclic) bond motifs is 3. The third-order valence-electron chi connectivity index (χ3n) is 3.29. The van der Waals surface area contributed by atoms with Crippen LogP contribution in [0.2, 0.25) is 0 Å². The highest BCUT2D eigenvalue weighted by Gasteiger charge is 2.18. The Morgan fingerprint density at radius 1 is 1.40 bits per heavy atom. The van der Waals surface area contributed by atoms with E-state index in [0.717, 1.165) is 47.5 Å². The Balaban J connectivity index is 2.55. The zero-order valence-corrected chi connectivity index (χ0v) is 8.92. The second kappa shape index (κ2) is 2.72. The van der Waals surface area contributed by atoms with Gasteiger partial charge in [-0.15, -0.1) is 0 Å². The van der Waals surface area contributed by atoms with Crippen LogP contribution < -0.4 is 5.56 Å². The van der Waals surface area contributed by atoms with Crippen LogP contribution in [0.15, 0.2) is 4.79 Å². The van der Waals surface area contributed by atoms with Gasteiger partial charge in [-0.3, -0.25) is 4.79 Å². The first kappa shape index (κ1) is 8.71. The van der Waals surface area contributed by atoms with Crippen molar-refractivity contribution in [2.24, 2.45) is 0 Å². The van der Waals surface area contributed by atoms with Gasteiger partial charge in [-0.05, 0) is 25.8 Å². The van der Waals surface area contributed by atoms with Crippen molar-refractivity contribution in [1.29, 1.82) is 0 Å². The first-order chi connectivity index (χ1) is 7.18. The molecule has 4 nitrogen and oxygen atoms in total. The summed E-state index contributed by atoms with van der Waals surface area (Å²) in [7, 11) is 0. The molecule has 2 aromatic rings. The molecule has 0 aliphatic carbocycles. The summed E-state index contributed by atoms with van der Waals surface area (Å²) in [5.74, 6) is 0.925. The van der Waals surface area contributed by atoms with Crippen molar-refractivity contribution in [1.82, 2.24) is 14.5 Å². The smallest absolute Gasteiger partial charge is 0.282 e. The Kier molecular flexibility index (Phi) is 1.58. The first-order valence-electron chi connectivity index (χ1n) is 5.27. The van der Waals surface area contributed by atoms with Gasteiger partial charge >= 0.3 is 0 Å². The van der Waals surface area contributed by atoms with Gasteiger partial charge in [-0.2, -0.15) is 4.98 Å². The maximum atomic E-state index is 11.8. The van der Waals surface area contributed by atoms with Gasteiger partial charge < -0.3 is 9.55 Å². The van der Waals surface area contributed by atoms with Crippen molar-refractivity contribution in [3.05, 3.63) is 27.4 Å². The molecule has 1 aliphatic rings. The van der Waals surface area contributed by atoms with Gasteiger partial charge in [0.25, 0.3) is 5.56 Å². The molecule has 0 atom stereocenters. The van der Waals surface area contributed by atoms with E-state index in [1.54, 1.807) is 0 Å². The molecule has 0 fully saturated rings. The van der Waals surface area contributed by atoms with Crippen LogP contribution in [-0.2, 0) is 13.0 Å². The number of nitrogens with zero attached hydrogens (tertiary/aromatic N) is 2. The summed E-state index contributed by atoms with van der Waals surface area (Å²) in [5.41, 5.74) is 2.97. The highest BCUT2D eigenvalue weighted by atomic mass is 16.1. The Labute approximate surface area is 87.0 Å². The molecular formula is C11H13N3O. The van der Waals surface area contributed by atoms with Crippen molar-refractivity contribution in [3.63, 3.8) is 0 Å². The molecule has 0 aromatic carbocycles. The second-order valence-corrected chi connectivity index (χ2v) is 4.19. The number of aromatic nitrogens is 3. The molecule has 0 radical (unpaired) electrons. The number of rotatable bonds is 0. The maximum absolute atomic E-state index is 11.8. The first-order valence-corrected chi connectivity index (χ1v) is 5.27. The molecule has 1 aliphatic heterocycles. The van der Waals surface area contributed by atoms with E-state index in [-0.39, 0.29) is 5.56 Å². The van der Waals surface area contributed by atoms with E-state index in [0.29, 0.717) is 0 Å². The molecule has 0 saturated heterocycles. The number of H-pyrrole nitrogens is 1. The Bertz CT molecular complexity index is 606. The van der Waals surface area contributed by atoms with E-state index in [9.17, 15) is 4.79 Å². The van der Waals surface area contributed by atoms with E-state index in [1.165, 1.54) is 0 Å². The van der Waals surface area contributed by atoms with Crippen LogP contribution >= 0.6 is 0 Å². The Morgan fingerprint density at radius 3 is 3.00 bits per heavy atom. The molecule has 15 heavy (non-hydrogen) atoms. The average molecular weight is 203 g/mol. The summed E-state index contributed by atoms with van der Waals surface area (Å²) >= 11 is 0. The number of aryl methyl sites for hydroxylation is 4. The van der Waals surface area contributed by atoms with Gasteiger partial charge in [0.1, 0.15) is 11.5 Å². The molecular weight excluding hydrogens is 190 g/mol. The summed E-state index contributed by atoms with van der Waals surface area (Å²) in [6.07, 6.45) is 2.00. The lowest BCUT2D eigenvalue weighted by Crippen LogP contribution is -2.14. The van der Waals surface area contributed by atoms with E-state index >= 15 is 0 Å². The lowest BCUT2D eigenvalue weighted by molar-refractivity contribution is 0.755. The number of hydrogen-bond donors (Lipinski definition) is 1. The van der Waals surface area contributed by atoms with Crippen LogP contribution in [0.1, 0.15) is 23.5 Å². The van der Waals surface area contributed by atoms with Gasteiger partial charge in [-0.1, -0.05) is 0 Å². The zero-order valence-electron chi connectivity index (χ0n) is 8.92. The van der Waals surface area contributed by atoms with Crippen molar-refractivity contribution in [3.8, 4) is 0 Å². The van der Waals surface area contributed by atoms with E-state index in [4.69, 9.17) is 0 Å². The van der Waals surface area contributed by atoms with Crippen LogP contribution in [0.25, 0.3) is 11.0 Å². The average Bonchev–Trinajstić information content (AvgIpc) is 2.73.